The van der Waals surface area contributed by atoms with E-state index >= 15 is 0 Å². The minimum absolute atomic E-state index is 0.126. The lowest BCUT2D eigenvalue weighted by atomic mass is 10.1. The van der Waals surface area contributed by atoms with E-state index in [4.69, 9.17) is 16.3 Å². The van der Waals surface area contributed by atoms with E-state index in [1.165, 1.54) is 5.56 Å². The molecule has 5 heteroatoms. The minimum Gasteiger partial charge on any atom is -0.466 e. The normalized spacial score (nSPS) is 10.3. The molecule has 2 rings (SSSR count). The molecule has 0 aromatic heterocycles. The van der Waals surface area contributed by atoms with Crippen LogP contribution in [0.3, 0.4) is 0 Å². The van der Waals surface area contributed by atoms with E-state index in [1.54, 1.807) is 24.3 Å². The van der Waals surface area contributed by atoms with Gasteiger partial charge >= 0.3 is 5.97 Å². The second kappa shape index (κ2) is 10.5. The lowest BCUT2D eigenvalue weighted by Crippen LogP contribution is -2.12. The van der Waals surface area contributed by atoms with Gasteiger partial charge in [-0.05, 0) is 49.1 Å². The van der Waals surface area contributed by atoms with Crippen LogP contribution in [0, 0.1) is 0 Å². The Morgan fingerprint density at radius 3 is 2.36 bits per heavy atom. The van der Waals surface area contributed by atoms with Crippen molar-refractivity contribution in [1.29, 1.82) is 0 Å². The molecule has 1 N–H and O–H groups in total. The molecule has 0 radical (unpaired) electrons. The van der Waals surface area contributed by atoms with E-state index in [9.17, 15) is 9.59 Å². The monoisotopic (exact) mass is 359 g/mol. The maximum Gasteiger partial charge on any atom is 0.305 e. The van der Waals surface area contributed by atoms with Crippen molar-refractivity contribution >= 4 is 29.2 Å². The average Bonchev–Trinajstić information content (AvgIpc) is 2.62. The van der Waals surface area contributed by atoms with Crippen molar-refractivity contribution in [2.75, 3.05) is 11.9 Å². The van der Waals surface area contributed by atoms with Crippen LogP contribution in [0.25, 0.3) is 0 Å². The first-order valence-corrected chi connectivity index (χ1v) is 8.76. The van der Waals surface area contributed by atoms with Crippen LogP contribution in [-0.4, -0.2) is 18.5 Å². The van der Waals surface area contributed by atoms with Crippen molar-refractivity contribution in [3.63, 3.8) is 0 Å². The molecule has 1 amide bonds. The fourth-order valence-electron chi connectivity index (χ4n) is 2.33. The first-order valence-electron chi connectivity index (χ1n) is 8.38. The summed E-state index contributed by atoms with van der Waals surface area (Å²) < 4.78 is 5.19. The number of hydrogen-bond acceptors (Lipinski definition) is 3. The molecule has 25 heavy (non-hydrogen) atoms. The zero-order chi connectivity index (χ0) is 17.9. The summed E-state index contributed by atoms with van der Waals surface area (Å²) in [5, 5.41) is 3.38. The van der Waals surface area contributed by atoms with Gasteiger partial charge in [0, 0.05) is 23.6 Å². The molecule has 0 bridgehead atoms. The number of carbonyl (C=O) groups is 2. The number of benzene rings is 2. The van der Waals surface area contributed by atoms with Gasteiger partial charge in [-0.3, -0.25) is 9.59 Å². The molecular weight excluding hydrogens is 338 g/mol. The molecule has 0 aliphatic rings. The van der Waals surface area contributed by atoms with Crippen LogP contribution >= 0.6 is 11.6 Å². The van der Waals surface area contributed by atoms with Gasteiger partial charge in [0.05, 0.1) is 6.61 Å². The standard InChI is InChI=1S/C20H22ClNO3/c21-17-11-13-18(14-12-17)22-19(23)9-4-10-20(24)25-15-5-8-16-6-2-1-3-7-16/h1-3,6-7,11-14H,4-5,8-10,15H2,(H,22,23). The second-order valence-electron chi connectivity index (χ2n) is 5.72. The Balaban J connectivity index is 1.54. The molecule has 2 aromatic rings. The van der Waals surface area contributed by atoms with Gasteiger partial charge in [-0.15, -0.1) is 0 Å². The fourth-order valence-corrected chi connectivity index (χ4v) is 2.46. The summed E-state index contributed by atoms with van der Waals surface area (Å²) >= 11 is 5.79. The topological polar surface area (TPSA) is 55.4 Å². The van der Waals surface area contributed by atoms with Crippen molar-refractivity contribution in [2.45, 2.75) is 32.1 Å². The van der Waals surface area contributed by atoms with E-state index in [1.807, 2.05) is 18.2 Å². The number of anilines is 1. The summed E-state index contributed by atoms with van der Waals surface area (Å²) in [5.74, 6) is -0.383. The highest BCUT2D eigenvalue weighted by Gasteiger charge is 2.07. The molecule has 0 saturated carbocycles. The molecule has 0 unspecified atom stereocenters. The first-order chi connectivity index (χ1) is 12.1. The minimum atomic E-state index is -0.257. The Labute approximate surface area is 153 Å². The van der Waals surface area contributed by atoms with Crippen molar-refractivity contribution in [2.24, 2.45) is 0 Å². The third-order valence-corrected chi connectivity index (χ3v) is 3.88. The highest BCUT2D eigenvalue weighted by atomic mass is 35.5. The maximum absolute atomic E-state index is 11.8. The van der Waals surface area contributed by atoms with Crippen molar-refractivity contribution in [3.8, 4) is 0 Å². The van der Waals surface area contributed by atoms with Crippen LogP contribution < -0.4 is 5.32 Å². The van der Waals surface area contributed by atoms with Gasteiger partial charge in [0.1, 0.15) is 0 Å². The van der Waals surface area contributed by atoms with E-state index in [-0.39, 0.29) is 24.7 Å². The summed E-state index contributed by atoms with van der Waals surface area (Å²) in [6.45, 7) is 0.407. The van der Waals surface area contributed by atoms with E-state index in [0.717, 1.165) is 12.8 Å². The van der Waals surface area contributed by atoms with Gasteiger partial charge in [-0.1, -0.05) is 41.9 Å². The summed E-state index contributed by atoms with van der Waals surface area (Å²) in [5.41, 5.74) is 1.93. The van der Waals surface area contributed by atoms with Crippen molar-refractivity contribution < 1.29 is 14.3 Å². The molecule has 0 aliphatic carbocycles. The lowest BCUT2D eigenvalue weighted by Gasteiger charge is -2.06. The highest BCUT2D eigenvalue weighted by Crippen LogP contribution is 2.14. The summed E-state index contributed by atoms with van der Waals surface area (Å²) in [6.07, 6.45) is 2.68. The van der Waals surface area contributed by atoms with Crippen LogP contribution in [0.2, 0.25) is 5.02 Å². The molecular formula is C20H22ClNO3. The van der Waals surface area contributed by atoms with Crippen LogP contribution in [0.5, 0.6) is 0 Å². The maximum atomic E-state index is 11.8. The number of ether oxygens (including phenoxy) is 1. The molecule has 0 saturated heterocycles. The molecule has 0 aliphatic heterocycles. The number of hydrogen-bond donors (Lipinski definition) is 1. The van der Waals surface area contributed by atoms with E-state index in [0.29, 0.717) is 23.7 Å². The van der Waals surface area contributed by atoms with Gasteiger partial charge in [-0.25, -0.2) is 0 Å². The molecule has 4 nitrogen and oxygen atoms in total. The number of rotatable bonds is 9. The van der Waals surface area contributed by atoms with Crippen LogP contribution in [-0.2, 0) is 20.7 Å². The summed E-state index contributed by atoms with van der Waals surface area (Å²) in [6, 6.07) is 17.0. The molecule has 0 fully saturated rings. The number of esters is 1. The highest BCUT2D eigenvalue weighted by molar-refractivity contribution is 6.30. The molecule has 0 heterocycles. The zero-order valence-electron chi connectivity index (χ0n) is 14.0. The van der Waals surface area contributed by atoms with Gasteiger partial charge < -0.3 is 10.1 Å². The number of nitrogens with one attached hydrogen (secondary N) is 1. The molecule has 132 valence electrons. The van der Waals surface area contributed by atoms with Gasteiger partial charge in [0.15, 0.2) is 0 Å². The first kappa shape index (κ1) is 19.0. The zero-order valence-corrected chi connectivity index (χ0v) is 14.8. The number of carbonyl (C=O) groups excluding carboxylic acids is 2. The lowest BCUT2D eigenvalue weighted by molar-refractivity contribution is -0.143. The van der Waals surface area contributed by atoms with Gasteiger partial charge in [0.2, 0.25) is 5.91 Å². The van der Waals surface area contributed by atoms with Crippen molar-refractivity contribution in [1.82, 2.24) is 0 Å². The average molecular weight is 360 g/mol. The fraction of sp³-hybridized carbons (Fsp3) is 0.300. The third-order valence-electron chi connectivity index (χ3n) is 3.63. The van der Waals surface area contributed by atoms with Crippen molar-refractivity contribution in [3.05, 3.63) is 65.2 Å². The summed E-state index contributed by atoms with van der Waals surface area (Å²) in [7, 11) is 0. The smallest absolute Gasteiger partial charge is 0.305 e. The van der Waals surface area contributed by atoms with Crippen LogP contribution in [0.15, 0.2) is 54.6 Å². The summed E-state index contributed by atoms with van der Waals surface area (Å²) in [4.78, 5) is 23.5. The number of halogens is 1. The Hall–Kier alpha value is -2.33. The Morgan fingerprint density at radius 1 is 0.920 bits per heavy atom. The number of amides is 1. The predicted molar refractivity (Wildman–Crippen MR) is 99.7 cm³/mol. The predicted octanol–water partition coefficient (Wildman–Crippen LogP) is 4.62. The molecule has 0 atom stereocenters. The molecule has 2 aromatic carbocycles. The largest absolute Gasteiger partial charge is 0.466 e. The Kier molecular flexibility index (Phi) is 7.99. The van der Waals surface area contributed by atoms with E-state index < -0.39 is 0 Å². The molecule has 0 spiro atoms. The Bertz CT molecular complexity index is 671. The Morgan fingerprint density at radius 2 is 1.64 bits per heavy atom. The van der Waals surface area contributed by atoms with Gasteiger partial charge in [0.25, 0.3) is 0 Å². The van der Waals surface area contributed by atoms with Crippen LogP contribution in [0.4, 0.5) is 5.69 Å². The van der Waals surface area contributed by atoms with E-state index in [2.05, 4.69) is 17.4 Å². The third kappa shape index (κ3) is 7.86. The quantitative estimate of drug-likeness (QED) is 0.524. The SMILES string of the molecule is O=C(CCCC(=O)OCCCc1ccccc1)Nc1ccc(Cl)cc1. The van der Waals surface area contributed by atoms with Gasteiger partial charge in [-0.2, -0.15) is 0 Å². The van der Waals surface area contributed by atoms with Crippen LogP contribution in [0.1, 0.15) is 31.2 Å². The second-order valence-corrected chi connectivity index (χ2v) is 6.15. The number of aryl methyl sites for hydroxylation is 1.